The second-order valence-corrected chi connectivity index (χ2v) is 4.87. The highest BCUT2D eigenvalue weighted by molar-refractivity contribution is 7.47. The molecular formula is C11H11FN3O2P. The van der Waals surface area contributed by atoms with Crippen molar-refractivity contribution in [1.82, 2.24) is 14.8 Å². The highest BCUT2D eigenvalue weighted by Crippen LogP contribution is 2.19. The van der Waals surface area contributed by atoms with Crippen LogP contribution in [0.15, 0.2) is 24.4 Å². The van der Waals surface area contributed by atoms with Gasteiger partial charge in [0.1, 0.15) is 0 Å². The molecule has 2 aromatic heterocycles. The summed E-state index contributed by atoms with van der Waals surface area (Å²) in [6, 6.07) is 4.70. The van der Waals surface area contributed by atoms with E-state index in [9.17, 15) is 9.18 Å². The molecule has 94 valence electrons. The van der Waals surface area contributed by atoms with Gasteiger partial charge in [-0.15, -0.1) is 0 Å². The summed E-state index contributed by atoms with van der Waals surface area (Å²) in [6.45, 7) is 0. The summed E-state index contributed by atoms with van der Waals surface area (Å²) in [7, 11) is 1.88. The molecule has 2 rings (SSSR count). The minimum Gasteiger partial charge on any atom is -0.481 e. The summed E-state index contributed by atoms with van der Waals surface area (Å²) in [5.41, 5.74) is 2.26. The number of halogens is 1. The predicted molar refractivity (Wildman–Crippen MR) is 66.8 cm³/mol. The van der Waals surface area contributed by atoms with Gasteiger partial charge in [-0.2, -0.15) is 9.49 Å². The summed E-state index contributed by atoms with van der Waals surface area (Å²) in [5, 5.41) is 12.8. The van der Waals surface area contributed by atoms with Crippen molar-refractivity contribution in [1.29, 1.82) is 0 Å². The van der Waals surface area contributed by atoms with E-state index in [0.717, 1.165) is 16.7 Å². The van der Waals surface area contributed by atoms with E-state index in [-0.39, 0.29) is 14.7 Å². The third-order valence-electron chi connectivity index (χ3n) is 2.32. The minimum absolute atomic E-state index is 0.0676. The fourth-order valence-corrected chi connectivity index (χ4v) is 2.31. The van der Waals surface area contributed by atoms with Gasteiger partial charge in [0.25, 0.3) is 0 Å². The molecule has 0 saturated carbocycles. The minimum atomic E-state index is -0.844. The third-order valence-corrected chi connectivity index (χ3v) is 3.41. The number of aryl methyl sites for hydroxylation is 1. The van der Waals surface area contributed by atoms with E-state index in [2.05, 4.69) is 10.1 Å². The monoisotopic (exact) mass is 267 g/mol. The quantitative estimate of drug-likeness (QED) is 0.663. The molecule has 0 radical (unpaired) electrons. The normalized spacial score (nSPS) is 11.2. The van der Waals surface area contributed by atoms with Crippen LogP contribution < -0.4 is 5.44 Å². The maximum absolute atomic E-state index is 12.7. The lowest BCUT2D eigenvalue weighted by Gasteiger charge is -1.99. The zero-order valence-electron chi connectivity index (χ0n) is 9.59. The Morgan fingerprint density at radius 1 is 1.56 bits per heavy atom. The summed E-state index contributed by atoms with van der Waals surface area (Å²) in [6.07, 6.45) is 1.49. The van der Waals surface area contributed by atoms with Gasteiger partial charge in [0.2, 0.25) is 5.95 Å². The van der Waals surface area contributed by atoms with Crippen molar-refractivity contribution >= 4 is 20.0 Å². The smallest absolute Gasteiger partial charge is 0.307 e. The number of pyridine rings is 1. The molecular weight excluding hydrogens is 256 g/mol. The molecule has 0 fully saturated rings. The number of hydrogen-bond donors (Lipinski definition) is 1. The van der Waals surface area contributed by atoms with Gasteiger partial charge in [0.05, 0.1) is 17.3 Å². The maximum Gasteiger partial charge on any atom is 0.307 e. The number of carboxylic acids is 1. The van der Waals surface area contributed by atoms with E-state index in [1.807, 2.05) is 0 Å². The average molecular weight is 267 g/mol. The van der Waals surface area contributed by atoms with Crippen LogP contribution in [0.4, 0.5) is 4.39 Å². The Balaban J connectivity index is 2.23. The van der Waals surface area contributed by atoms with E-state index in [4.69, 9.17) is 5.11 Å². The van der Waals surface area contributed by atoms with Crippen molar-refractivity contribution in [3.8, 4) is 11.3 Å². The van der Waals surface area contributed by atoms with Crippen molar-refractivity contribution in [2.75, 3.05) is 6.16 Å². The Bertz CT molecular complexity index is 568. The Morgan fingerprint density at radius 3 is 2.94 bits per heavy atom. The number of carbonyl (C=O) groups is 1. The topological polar surface area (TPSA) is 68.0 Å². The lowest BCUT2D eigenvalue weighted by molar-refractivity contribution is -0.133. The molecule has 18 heavy (non-hydrogen) atoms. The lowest BCUT2D eigenvalue weighted by Crippen LogP contribution is -2.05. The maximum atomic E-state index is 12.7. The molecule has 7 heteroatoms. The van der Waals surface area contributed by atoms with E-state index in [0.29, 0.717) is 0 Å². The molecule has 5 nitrogen and oxygen atoms in total. The molecule has 1 atom stereocenters. The van der Waals surface area contributed by atoms with Gasteiger partial charge >= 0.3 is 5.97 Å². The van der Waals surface area contributed by atoms with Crippen LogP contribution in [-0.2, 0) is 11.8 Å². The van der Waals surface area contributed by atoms with Crippen molar-refractivity contribution in [3.63, 3.8) is 0 Å². The summed E-state index contributed by atoms with van der Waals surface area (Å²) >= 11 is 0. The van der Waals surface area contributed by atoms with Gasteiger partial charge in [0.15, 0.2) is 0 Å². The molecule has 0 aliphatic heterocycles. The van der Waals surface area contributed by atoms with Crippen LogP contribution in [0.5, 0.6) is 0 Å². The molecule has 0 saturated heterocycles. The zero-order chi connectivity index (χ0) is 13.1. The van der Waals surface area contributed by atoms with Crippen LogP contribution in [0.2, 0.25) is 0 Å². The van der Waals surface area contributed by atoms with Gasteiger partial charge < -0.3 is 5.11 Å². The second-order valence-electron chi connectivity index (χ2n) is 3.66. The highest BCUT2D eigenvalue weighted by atomic mass is 31.1. The average Bonchev–Trinajstić information content (AvgIpc) is 2.69. The number of aromatic nitrogens is 3. The van der Waals surface area contributed by atoms with Gasteiger partial charge in [-0.3, -0.25) is 9.48 Å². The predicted octanol–water partition coefficient (Wildman–Crippen LogP) is 1.01. The van der Waals surface area contributed by atoms with Crippen LogP contribution in [0.25, 0.3) is 11.3 Å². The third kappa shape index (κ3) is 2.90. The van der Waals surface area contributed by atoms with Gasteiger partial charge in [-0.1, -0.05) is 8.58 Å². The molecule has 0 aliphatic carbocycles. The van der Waals surface area contributed by atoms with Crippen molar-refractivity contribution in [3.05, 3.63) is 30.3 Å². The van der Waals surface area contributed by atoms with Crippen molar-refractivity contribution in [2.24, 2.45) is 7.05 Å². The largest absolute Gasteiger partial charge is 0.481 e. The van der Waals surface area contributed by atoms with E-state index in [1.165, 1.54) is 12.3 Å². The first-order chi connectivity index (χ1) is 8.56. The van der Waals surface area contributed by atoms with Gasteiger partial charge in [0, 0.05) is 18.8 Å². The second kappa shape index (κ2) is 5.23. The van der Waals surface area contributed by atoms with E-state index in [1.54, 1.807) is 23.9 Å². The molecule has 1 unspecified atom stereocenters. The molecule has 0 aliphatic rings. The molecule has 0 spiro atoms. The van der Waals surface area contributed by atoms with Crippen molar-refractivity contribution in [2.45, 2.75) is 0 Å². The Morgan fingerprint density at radius 2 is 2.33 bits per heavy atom. The summed E-state index contributed by atoms with van der Waals surface area (Å²) in [4.78, 5) is 14.1. The van der Waals surface area contributed by atoms with Gasteiger partial charge in [-0.05, 0) is 18.2 Å². The van der Waals surface area contributed by atoms with Crippen LogP contribution in [0.3, 0.4) is 0 Å². The van der Waals surface area contributed by atoms with E-state index < -0.39 is 11.9 Å². The number of hydrogen-bond acceptors (Lipinski definition) is 3. The molecule has 2 aromatic rings. The molecule has 1 N–H and O–H groups in total. The SMILES string of the molecule is Cn1nc(PCC(=O)O)cc1-c1ccc(F)nc1. The van der Waals surface area contributed by atoms with E-state index >= 15 is 0 Å². The van der Waals surface area contributed by atoms with Crippen LogP contribution in [-0.4, -0.2) is 32.0 Å². The van der Waals surface area contributed by atoms with Crippen LogP contribution in [0.1, 0.15) is 0 Å². The standard InChI is InChI=1S/C11H11FN3O2P/c1-15-8(7-2-3-9(12)13-5-7)4-10(14-15)18-6-11(16)17/h2-5,18H,6H2,1H3,(H,16,17). The Labute approximate surface area is 104 Å². The molecule has 0 aromatic carbocycles. The van der Waals surface area contributed by atoms with Crippen LogP contribution in [0, 0.1) is 5.95 Å². The molecule has 2 heterocycles. The van der Waals surface area contributed by atoms with Crippen molar-refractivity contribution < 1.29 is 14.3 Å². The Kier molecular flexibility index (Phi) is 3.67. The number of aliphatic carboxylic acids is 1. The fourth-order valence-electron chi connectivity index (χ4n) is 1.52. The zero-order valence-corrected chi connectivity index (χ0v) is 10.6. The number of nitrogens with zero attached hydrogens (tertiary/aromatic N) is 3. The lowest BCUT2D eigenvalue weighted by atomic mass is 10.2. The van der Waals surface area contributed by atoms with Gasteiger partial charge in [-0.25, -0.2) is 4.98 Å². The summed E-state index contributed by atoms with van der Waals surface area (Å²) in [5.74, 6) is -1.38. The number of carboxylic acid groups (broad SMARTS) is 1. The Hall–Kier alpha value is -1.81. The number of rotatable bonds is 4. The fraction of sp³-hybridized carbons (Fsp3) is 0.182. The first-order valence-corrected chi connectivity index (χ1v) is 6.38. The molecule has 0 bridgehead atoms. The first kappa shape index (κ1) is 12.6. The highest BCUT2D eigenvalue weighted by Gasteiger charge is 2.09. The first-order valence-electron chi connectivity index (χ1n) is 5.18. The van der Waals surface area contributed by atoms with Crippen LogP contribution >= 0.6 is 8.58 Å². The molecule has 0 amide bonds. The summed E-state index contributed by atoms with van der Waals surface area (Å²) < 4.78 is 14.4.